The molecule has 0 radical (unpaired) electrons. The largest absolute Gasteiger partial charge is 0.360 e. The Labute approximate surface area is 228 Å². The van der Waals surface area contributed by atoms with Crippen LogP contribution in [-0.4, -0.2) is 32.1 Å². The van der Waals surface area contributed by atoms with E-state index in [1.165, 1.54) is 18.0 Å². The van der Waals surface area contributed by atoms with Crippen LogP contribution in [0.15, 0.2) is 65.0 Å². The van der Waals surface area contributed by atoms with Gasteiger partial charge in [-0.2, -0.15) is 4.98 Å². The van der Waals surface area contributed by atoms with E-state index in [4.69, 9.17) is 4.52 Å². The first-order valence-electron chi connectivity index (χ1n) is 13.0. The molecule has 0 bridgehead atoms. The SMILES string of the molecule is Cc1cc(-c2cc(NC3C=CC=C(C(C)C)C=C3)ncn2)c(F)cc1[C@@H](C)NC(=O)c1nc(C(C)(C)C)no1. The van der Waals surface area contributed by atoms with E-state index in [0.717, 1.165) is 5.56 Å². The van der Waals surface area contributed by atoms with E-state index >= 15 is 4.39 Å². The summed E-state index contributed by atoms with van der Waals surface area (Å²) in [6, 6.07) is 4.33. The number of nitrogens with one attached hydrogen (secondary N) is 2. The van der Waals surface area contributed by atoms with Gasteiger partial charge in [-0.3, -0.25) is 4.79 Å². The summed E-state index contributed by atoms with van der Waals surface area (Å²) in [6.07, 6.45) is 11.8. The van der Waals surface area contributed by atoms with Gasteiger partial charge in [0.2, 0.25) is 0 Å². The number of anilines is 1. The Bertz CT molecular complexity index is 1450. The summed E-state index contributed by atoms with van der Waals surface area (Å²) < 4.78 is 20.5. The number of hydrogen-bond donors (Lipinski definition) is 2. The van der Waals surface area contributed by atoms with Crippen molar-refractivity contribution in [2.24, 2.45) is 5.92 Å². The summed E-state index contributed by atoms with van der Waals surface area (Å²) in [7, 11) is 0. The van der Waals surface area contributed by atoms with E-state index in [-0.39, 0.29) is 17.3 Å². The lowest BCUT2D eigenvalue weighted by molar-refractivity contribution is 0.0895. The molecule has 0 saturated heterocycles. The van der Waals surface area contributed by atoms with E-state index in [9.17, 15) is 4.79 Å². The lowest BCUT2D eigenvalue weighted by Crippen LogP contribution is -2.27. The van der Waals surface area contributed by atoms with Gasteiger partial charge in [-0.1, -0.05) is 70.2 Å². The Morgan fingerprint density at radius 3 is 2.56 bits per heavy atom. The monoisotopic (exact) mass is 530 g/mol. The molecule has 0 saturated carbocycles. The number of rotatable bonds is 7. The van der Waals surface area contributed by atoms with Crippen LogP contribution in [0, 0.1) is 18.7 Å². The molecule has 4 rings (SSSR count). The first kappa shape index (κ1) is 27.9. The predicted molar refractivity (Wildman–Crippen MR) is 150 cm³/mol. The summed E-state index contributed by atoms with van der Waals surface area (Å²) in [6.45, 7) is 13.7. The Morgan fingerprint density at radius 1 is 1.10 bits per heavy atom. The third kappa shape index (κ3) is 6.66. The van der Waals surface area contributed by atoms with E-state index in [2.05, 4.69) is 62.8 Å². The topological polar surface area (TPSA) is 106 Å². The Balaban J connectivity index is 1.49. The average Bonchev–Trinajstić information content (AvgIpc) is 3.27. The van der Waals surface area contributed by atoms with Crippen molar-refractivity contribution in [3.05, 3.63) is 89.1 Å². The van der Waals surface area contributed by atoms with Crippen LogP contribution >= 0.6 is 0 Å². The molecule has 0 fully saturated rings. The second-order valence-corrected chi connectivity index (χ2v) is 11.1. The zero-order valence-corrected chi connectivity index (χ0v) is 23.4. The first-order chi connectivity index (χ1) is 18.4. The zero-order chi connectivity index (χ0) is 28.3. The van der Waals surface area contributed by atoms with Gasteiger partial charge in [0.15, 0.2) is 5.82 Å². The molecule has 8 nitrogen and oxygen atoms in total. The molecule has 1 aliphatic carbocycles. The molecule has 3 aromatic rings. The van der Waals surface area contributed by atoms with Gasteiger partial charge in [-0.15, -0.1) is 0 Å². The number of aromatic nitrogens is 4. The number of carbonyl (C=O) groups excluding carboxylic acids is 1. The second kappa shape index (κ2) is 11.3. The molecule has 1 aromatic carbocycles. The number of aryl methyl sites for hydroxylation is 1. The van der Waals surface area contributed by atoms with E-state index < -0.39 is 17.8 Å². The minimum atomic E-state index is -0.516. The summed E-state index contributed by atoms with van der Waals surface area (Å²) in [4.78, 5) is 25.5. The predicted octanol–water partition coefficient (Wildman–Crippen LogP) is 6.25. The molecule has 204 valence electrons. The van der Waals surface area contributed by atoms with Gasteiger partial charge in [0.1, 0.15) is 18.0 Å². The second-order valence-electron chi connectivity index (χ2n) is 11.1. The molecule has 1 unspecified atom stereocenters. The van der Waals surface area contributed by atoms with Crippen molar-refractivity contribution in [3.63, 3.8) is 0 Å². The van der Waals surface area contributed by atoms with E-state index in [0.29, 0.717) is 34.4 Å². The molecular weight excluding hydrogens is 495 g/mol. The molecule has 39 heavy (non-hydrogen) atoms. The van der Waals surface area contributed by atoms with Crippen molar-refractivity contribution in [2.75, 3.05) is 5.32 Å². The van der Waals surface area contributed by atoms with Crippen LogP contribution in [-0.2, 0) is 5.41 Å². The minimum absolute atomic E-state index is 0.0583. The van der Waals surface area contributed by atoms with Crippen molar-refractivity contribution in [1.29, 1.82) is 0 Å². The molecule has 1 aliphatic rings. The average molecular weight is 531 g/mol. The van der Waals surface area contributed by atoms with Gasteiger partial charge in [-0.05, 0) is 48.6 Å². The van der Waals surface area contributed by atoms with Crippen molar-refractivity contribution < 1.29 is 13.7 Å². The van der Waals surface area contributed by atoms with Crippen molar-refractivity contribution in [1.82, 2.24) is 25.4 Å². The molecule has 2 N–H and O–H groups in total. The summed E-state index contributed by atoms with van der Waals surface area (Å²) in [5, 5.41) is 10.1. The van der Waals surface area contributed by atoms with Gasteiger partial charge in [0.25, 0.3) is 0 Å². The third-order valence-electron chi connectivity index (χ3n) is 6.49. The number of carbonyl (C=O) groups is 1. The fourth-order valence-corrected chi connectivity index (χ4v) is 4.17. The molecule has 2 heterocycles. The fraction of sp³-hybridized carbons (Fsp3) is 0.367. The lowest BCUT2D eigenvalue weighted by atomic mass is 9.96. The number of hydrogen-bond acceptors (Lipinski definition) is 7. The van der Waals surface area contributed by atoms with Crippen LogP contribution in [0.25, 0.3) is 11.3 Å². The van der Waals surface area contributed by atoms with Crippen LogP contribution in [0.2, 0.25) is 0 Å². The number of benzene rings is 1. The Morgan fingerprint density at radius 2 is 1.87 bits per heavy atom. The lowest BCUT2D eigenvalue weighted by Gasteiger charge is -2.17. The van der Waals surface area contributed by atoms with Crippen LogP contribution in [0.5, 0.6) is 0 Å². The van der Waals surface area contributed by atoms with Crippen LogP contribution < -0.4 is 10.6 Å². The molecule has 2 atom stereocenters. The highest BCUT2D eigenvalue weighted by atomic mass is 19.1. The van der Waals surface area contributed by atoms with Gasteiger partial charge < -0.3 is 15.2 Å². The molecule has 0 aliphatic heterocycles. The highest BCUT2D eigenvalue weighted by Gasteiger charge is 2.25. The zero-order valence-electron chi connectivity index (χ0n) is 23.4. The number of halogens is 1. The first-order valence-corrected chi connectivity index (χ1v) is 13.0. The molecular formula is C30H35FN6O2. The van der Waals surface area contributed by atoms with Crippen LogP contribution in [0.4, 0.5) is 10.2 Å². The van der Waals surface area contributed by atoms with Gasteiger partial charge in [0.05, 0.1) is 17.8 Å². The van der Waals surface area contributed by atoms with Gasteiger partial charge in [0, 0.05) is 17.0 Å². The minimum Gasteiger partial charge on any atom is -0.360 e. The molecule has 9 heteroatoms. The number of allylic oxidation sites excluding steroid dienone is 4. The molecule has 0 spiro atoms. The highest BCUT2D eigenvalue weighted by Crippen LogP contribution is 2.29. The maximum absolute atomic E-state index is 15.4. The van der Waals surface area contributed by atoms with Crippen molar-refractivity contribution in [2.45, 2.75) is 66.0 Å². The maximum Gasteiger partial charge on any atom is 0.315 e. The number of nitrogens with zero attached hydrogens (tertiary/aromatic N) is 4. The Kier molecular flexibility index (Phi) is 8.09. The number of amides is 1. The third-order valence-corrected chi connectivity index (χ3v) is 6.49. The van der Waals surface area contributed by atoms with Crippen LogP contribution in [0.3, 0.4) is 0 Å². The summed E-state index contributed by atoms with van der Waals surface area (Å²) in [5.41, 5.74) is 3.14. The van der Waals surface area contributed by atoms with Gasteiger partial charge in [-0.25, -0.2) is 14.4 Å². The van der Waals surface area contributed by atoms with Gasteiger partial charge >= 0.3 is 11.8 Å². The highest BCUT2D eigenvalue weighted by molar-refractivity contribution is 5.89. The van der Waals surface area contributed by atoms with E-state index in [1.807, 2.05) is 39.8 Å². The van der Waals surface area contributed by atoms with Crippen molar-refractivity contribution >= 4 is 11.7 Å². The summed E-state index contributed by atoms with van der Waals surface area (Å²) in [5.74, 6) is 0.363. The molecule has 1 amide bonds. The summed E-state index contributed by atoms with van der Waals surface area (Å²) >= 11 is 0. The fourth-order valence-electron chi connectivity index (χ4n) is 4.17. The quantitative estimate of drug-likeness (QED) is 0.372. The normalized spacial score (nSPS) is 16.1. The standard InChI is InChI=1S/C30H35FN6O2/c1-17(2)20-9-8-10-21(12-11-20)35-26-15-25(32-16-33-26)23-13-18(3)22(14-24(23)31)19(4)34-27(38)28-36-29(37-39-28)30(5,6)7/h8-17,19,21H,1-7H3,(H,34,38)(H,32,33,35)/t19-,21?/m1/s1. The Hall–Kier alpha value is -4.14. The van der Waals surface area contributed by atoms with Crippen LogP contribution in [0.1, 0.15) is 75.2 Å². The smallest absolute Gasteiger partial charge is 0.315 e. The maximum atomic E-state index is 15.4. The van der Waals surface area contributed by atoms with E-state index in [1.54, 1.807) is 19.1 Å². The molecule has 2 aromatic heterocycles. The van der Waals surface area contributed by atoms with Crippen molar-refractivity contribution in [3.8, 4) is 11.3 Å².